The van der Waals surface area contributed by atoms with Gasteiger partial charge in [-0.3, -0.25) is 4.79 Å². The van der Waals surface area contributed by atoms with Gasteiger partial charge in [-0.1, -0.05) is 29.3 Å². The molecule has 5 heteroatoms. The van der Waals surface area contributed by atoms with E-state index >= 15 is 0 Å². The van der Waals surface area contributed by atoms with Crippen LogP contribution in [0.3, 0.4) is 0 Å². The van der Waals surface area contributed by atoms with Gasteiger partial charge in [0.2, 0.25) is 0 Å². The number of halogens is 2. The summed E-state index contributed by atoms with van der Waals surface area (Å²) in [6.07, 6.45) is 0. The molecule has 0 spiro atoms. The number of H-pyrrole nitrogens is 1. The van der Waals surface area contributed by atoms with Crippen LogP contribution in [0.2, 0.25) is 10.0 Å². The minimum atomic E-state index is -0.105. The van der Waals surface area contributed by atoms with Gasteiger partial charge in [-0.2, -0.15) is 0 Å². The van der Waals surface area contributed by atoms with Crippen LogP contribution in [0.25, 0.3) is 10.9 Å². The number of anilines is 1. The standard InChI is InChI=1S/C18H16Cl2N2O/c1-10-6-12-8-13(18(23)22-16(12)7-11(10)2)9-21-15-5-3-4-14(19)17(15)20/h3-8,21H,9H2,1-2H3,(H,22,23). The maximum atomic E-state index is 12.2. The molecule has 0 bridgehead atoms. The molecule has 0 aliphatic rings. The zero-order valence-corrected chi connectivity index (χ0v) is 14.3. The van der Waals surface area contributed by atoms with Gasteiger partial charge in [-0.25, -0.2) is 0 Å². The van der Waals surface area contributed by atoms with Crippen LogP contribution in [0.5, 0.6) is 0 Å². The van der Waals surface area contributed by atoms with Crippen molar-refractivity contribution in [2.45, 2.75) is 20.4 Å². The summed E-state index contributed by atoms with van der Waals surface area (Å²) in [6.45, 7) is 4.46. The van der Waals surface area contributed by atoms with Crippen LogP contribution in [-0.2, 0) is 6.54 Å². The van der Waals surface area contributed by atoms with Gasteiger partial charge >= 0.3 is 0 Å². The van der Waals surface area contributed by atoms with Crippen LogP contribution in [0.4, 0.5) is 5.69 Å². The average Bonchev–Trinajstić information content (AvgIpc) is 2.51. The number of benzene rings is 2. The number of pyridine rings is 1. The van der Waals surface area contributed by atoms with E-state index in [0.717, 1.165) is 16.5 Å². The van der Waals surface area contributed by atoms with Crippen molar-refractivity contribution in [3.63, 3.8) is 0 Å². The maximum absolute atomic E-state index is 12.2. The summed E-state index contributed by atoms with van der Waals surface area (Å²) in [7, 11) is 0. The second-order valence-corrected chi connectivity index (χ2v) is 6.39. The Morgan fingerprint density at radius 2 is 1.83 bits per heavy atom. The minimum absolute atomic E-state index is 0.105. The highest BCUT2D eigenvalue weighted by Crippen LogP contribution is 2.29. The van der Waals surface area contributed by atoms with Gasteiger partial charge in [-0.05, 0) is 60.7 Å². The Bertz CT molecular complexity index is 948. The largest absolute Gasteiger partial charge is 0.380 e. The van der Waals surface area contributed by atoms with Crippen molar-refractivity contribution in [3.05, 3.63) is 73.5 Å². The second kappa shape index (κ2) is 6.26. The van der Waals surface area contributed by atoms with Gasteiger partial charge in [0.05, 0.1) is 15.7 Å². The molecule has 1 aromatic heterocycles. The SMILES string of the molecule is Cc1cc2cc(CNc3cccc(Cl)c3Cl)c(=O)[nH]c2cc1C. The van der Waals surface area contributed by atoms with Gasteiger partial charge in [0.25, 0.3) is 5.56 Å². The van der Waals surface area contributed by atoms with E-state index in [-0.39, 0.29) is 5.56 Å². The van der Waals surface area contributed by atoms with E-state index < -0.39 is 0 Å². The van der Waals surface area contributed by atoms with Gasteiger partial charge in [0.15, 0.2) is 0 Å². The molecule has 0 saturated carbocycles. The molecule has 3 nitrogen and oxygen atoms in total. The van der Waals surface area contributed by atoms with E-state index in [2.05, 4.69) is 23.3 Å². The molecule has 0 atom stereocenters. The fourth-order valence-electron chi connectivity index (χ4n) is 2.48. The highest BCUT2D eigenvalue weighted by molar-refractivity contribution is 6.43. The number of aryl methyl sites for hydroxylation is 2. The summed E-state index contributed by atoms with van der Waals surface area (Å²) in [5, 5.41) is 5.12. The lowest BCUT2D eigenvalue weighted by molar-refractivity contribution is 1.09. The first kappa shape index (κ1) is 15.9. The number of nitrogens with one attached hydrogen (secondary N) is 2. The predicted octanol–water partition coefficient (Wildman–Crippen LogP) is 5.06. The number of hydrogen-bond acceptors (Lipinski definition) is 2. The average molecular weight is 347 g/mol. The summed E-state index contributed by atoms with van der Waals surface area (Å²) in [4.78, 5) is 15.2. The molecule has 3 rings (SSSR count). The Hall–Kier alpha value is -1.97. The summed E-state index contributed by atoms with van der Waals surface area (Å²) in [6, 6.07) is 11.4. The topological polar surface area (TPSA) is 44.9 Å². The zero-order valence-electron chi connectivity index (χ0n) is 12.8. The Morgan fingerprint density at radius 1 is 1.09 bits per heavy atom. The number of rotatable bonds is 3. The first-order valence-corrected chi connectivity index (χ1v) is 8.02. The molecule has 1 heterocycles. The van der Waals surface area contributed by atoms with Crippen LogP contribution < -0.4 is 10.9 Å². The monoisotopic (exact) mass is 346 g/mol. The van der Waals surface area contributed by atoms with Crippen LogP contribution in [-0.4, -0.2) is 4.98 Å². The molecule has 2 aromatic carbocycles. The summed E-state index contributed by atoms with van der Waals surface area (Å²) >= 11 is 12.1. The van der Waals surface area contributed by atoms with Crippen LogP contribution in [0.15, 0.2) is 41.2 Å². The molecular formula is C18H16Cl2N2O. The van der Waals surface area contributed by atoms with Crippen molar-refractivity contribution in [1.82, 2.24) is 4.98 Å². The first-order chi connectivity index (χ1) is 11.0. The van der Waals surface area contributed by atoms with Crippen molar-refractivity contribution < 1.29 is 0 Å². The molecule has 0 aliphatic carbocycles. The van der Waals surface area contributed by atoms with Crippen LogP contribution >= 0.6 is 23.2 Å². The van der Waals surface area contributed by atoms with E-state index in [1.54, 1.807) is 6.07 Å². The van der Waals surface area contributed by atoms with E-state index in [9.17, 15) is 4.79 Å². The summed E-state index contributed by atoms with van der Waals surface area (Å²) in [5.41, 5.74) is 4.45. The summed E-state index contributed by atoms with van der Waals surface area (Å²) in [5.74, 6) is 0. The normalized spacial score (nSPS) is 11.0. The number of hydrogen-bond donors (Lipinski definition) is 2. The molecule has 0 radical (unpaired) electrons. The highest BCUT2D eigenvalue weighted by Gasteiger charge is 2.07. The fraction of sp³-hybridized carbons (Fsp3) is 0.167. The van der Waals surface area contributed by atoms with Crippen molar-refractivity contribution in [3.8, 4) is 0 Å². The number of aromatic amines is 1. The maximum Gasteiger partial charge on any atom is 0.253 e. The van der Waals surface area contributed by atoms with Gasteiger partial charge in [0.1, 0.15) is 0 Å². The molecule has 118 valence electrons. The Kier molecular flexibility index (Phi) is 4.33. The molecule has 0 amide bonds. The highest BCUT2D eigenvalue weighted by atomic mass is 35.5. The third kappa shape index (κ3) is 3.21. The fourth-order valence-corrected chi connectivity index (χ4v) is 2.85. The number of fused-ring (bicyclic) bond motifs is 1. The van der Waals surface area contributed by atoms with Gasteiger partial charge < -0.3 is 10.3 Å². The lowest BCUT2D eigenvalue weighted by Crippen LogP contribution is -2.15. The van der Waals surface area contributed by atoms with Crippen LogP contribution in [0, 0.1) is 13.8 Å². The molecule has 23 heavy (non-hydrogen) atoms. The van der Waals surface area contributed by atoms with Crippen molar-refractivity contribution in [2.75, 3.05) is 5.32 Å². The van der Waals surface area contributed by atoms with Crippen molar-refractivity contribution in [1.29, 1.82) is 0 Å². The third-order valence-corrected chi connectivity index (χ3v) is 4.78. The Labute approximate surface area is 144 Å². The molecule has 0 saturated heterocycles. The first-order valence-electron chi connectivity index (χ1n) is 7.27. The molecule has 0 fully saturated rings. The van der Waals surface area contributed by atoms with Crippen molar-refractivity contribution in [2.24, 2.45) is 0 Å². The molecule has 2 N–H and O–H groups in total. The second-order valence-electron chi connectivity index (χ2n) is 5.60. The van der Waals surface area contributed by atoms with Crippen molar-refractivity contribution >= 4 is 39.8 Å². The van der Waals surface area contributed by atoms with E-state index in [4.69, 9.17) is 23.2 Å². The van der Waals surface area contributed by atoms with E-state index in [0.29, 0.717) is 27.8 Å². The Balaban J connectivity index is 1.94. The lowest BCUT2D eigenvalue weighted by atomic mass is 10.0. The number of aromatic nitrogens is 1. The molecule has 3 aromatic rings. The molecule has 0 aliphatic heterocycles. The quantitative estimate of drug-likeness (QED) is 0.695. The van der Waals surface area contributed by atoms with Gasteiger partial charge in [0, 0.05) is 17.6 Å². The predicted molar refractivity (Wildman–Crippen MR) is 97.8 cm³/mol. The molecule has 0 unspecified atom stereocenters. The minimum Gasteiger partial charge on any atom is -0.380 e. The lowest BCUT2D eigenvalue weighted by Gasteiger charge is -2.10. The van der Waals surface area contributed by atoms with E-state index in [1.165, 1.54) is 5.56 Å². The van der Waals surface area contributed by atoms with Crippen LogP contribution in [0.1, 0.15) is 16.7 Å². The Morgan fingerprint density at radius 3 is 2.61 bits per heavy atom. The molecular weight excluding hydrogens is 331 g/mol. The smallest absolute Gasteiger partial charge is 0.253 e. The summed E-state index contributed by atoms with van der Waals surface area (Å²) < 4.78 is 0. The van der Waals surface area contributed by atoms with E-state index in [1.807, 2.05) is 31.2 Å². The third-order valence-electron chi connectivity index (χ3n) is 3.96. The van der Waals surface area contributed by atoms with Gasteiger partial charge in [-0.15, -0.1) is 0 Å². The zero-order chi connectivity index (χ0) is 16.6.